The highest BCUT2D eigenvalue weighted by molar-refractivity contribution is 8.00. The average Bonchev–Trinajstić information content (AvgIpc) is 3.00. The number of fused-ring (bicyclic) bond motifs is 1. The number of nitrogens with one attached hydrogen (secondary N) is 2. The standard InChI is InChI=1S/C18H16F3N3OS/c19-18(20,21)26-15-9-4-1-6-12(15)17(25)22-11-5-10-16-23-13-7-2-3-8-14(13)24-16/h1-4,6-9H,5,10-11H2,(H,22,25)(H,23,24). The molecule has 0 aliphatic heterocycles. The Kier molecular flexibility index (Phi) is 5.51. The van der Waals surface area contributed by atoms with Crippen LogP contribution >= 0.6 is 11.8 Å². The van der Waals surface area contributed by atoms with E-state index < -0.39 is 11.4 Å². The lowest BCUT2D eigenvalue weighted by molar-refractivity contribution is -0.0328. The Morgan fingerprint density at radius 2 is 1.85 bits per heavy atom. The van der Waals surface area contributed by atoms with E-state index in [1.54, 1.807) is 6.07 Å². The molecule has 136 valence electrons. The fourth-order valence-electron chi connectivity index (χ4n) is 2.54. The molecule has 8 heteroatoms. The number of benzene rings is 2. The smallest absolute Gasteiger partial charge is 0.352 e. The first kappa shape index (κ1) is 18.3. The molecule has 0 saturated carbocycles. The second kappa shape index (κ2) is 7.82. The summed E-state index contributed by atoms with van der Waals surface area (Å²) in [7, 11) is 0. The lowest BCUT2D eigenvalue weighted by Gasteiger charge is -2.11. The second-order valence-corrected chi connectivity index (χ2v) is 6.71. The van der Waals surface area contributed by atoms with Crippen molar-refractivity contribution in [2.75, 3.05) is 6.54 Å². The first-order valence-electron chi connectivity index (χ1n) is 7.99. The Hall–Kier alpha value is -2.48. The van der Waals surface area contributed by atoms with Gasteiger partial charge in [0.2, 0.25) is 0 Å². The number of hydrogen-bond donors (Lipinski definition) is 2. The van der Waals surface area contributed by atoms with Gasteiger partial charge in [0, 0.05) is 17.9 Å². The number of thioether (sulfide) groups is 1. The average molecular weight is 379 g/mol. The molecule has 0 spiro atoms. The second-order valence-electron chi connectivity index (χ2n) is 5.60. The molecule has 0 fully saturated rings. The molecular weight excluding hydrogens is 363 g/mol. The SMILES string of the molecule is O=C(NCCCc1nc2ccccc2[nH]1)c1ccccc1SC(F)(F)F. The van der Waals surface area contributed by atoms with Crippen molar-refractivity contribution < 1.29 is 18.0 Å². The van der Waals surface area contributed by atoms with Gasteiger partial charge in [0.25, 0.3) is 5.91 Å². The maximum absolute atomic E-state index is 12.6. The highest BCUT2D eigenvalue weighted by Gasteiger charge is 2.31. The minimum absolute atomic E-state index is 0.0264. The summed E-state index contributed by atoms with van der Waals surface area (Å²) in [5, 5.41) is 2.67. The maximum atomic E-state index is 12.6. The van der Waals surface area contributed by atoms with E-state index in [4.69, 9.17) is 0 Å². The molecule has 0 aliphatic carbocycles. The summed E-state index contributed by atoms with van der Waals surface area (Å²) in [6.45, 7) is 0.348. The normalized spacial score (nSPS) is 11.7. The Morgan fingerprint density at radius 1 is 1.12 bits per heavy atom. The van der Waals surface area contributed by atoms with E-state index >= 15 is 0 Å². The molecular formula is C18H16F3N3OS. The van der Waals surface area contributed by atoms with Crippen molar-refractivity contribution in [3.63, 3.8) is 0 Å². The number of amides is 1. The Balaban J connectivity index is 1.54. The minimum Gasteiger partial charge on any atom is -0.352 e. The van der Waals surface area contributed by atoms with Crippen molar-refractivity contribution in [1.82, 2.24) is 15.3 Å². The van der Waals surface area contributed by atoms with Crippen molar-refractivity contribution in [1.29, 1.82) is 0 Å². The highest BCUT2D eigenvalue weighted by atomic mass is 32.2. The number of aromatic nitrogens is 2. The summed E-state index contributed by atoms with van der Waals surface area (Å²) >= 11 is -0.282. The third-order valence-corrected chi connectivity index (χ3v) is 4.48. The fraction of sp³-hybridized carbons (Fsp3) is 0.222. The largest absolute Gasteiger partial charge is 0.446 e. The summed E-state index contributed by atoms with van der Waals surface area (Å²) in [5.74, 6) is 0.301. The zero-order chi connectivity index (χ0) is 18.6. The summed E-state index contributed by atoms with van der Waals surface area (Å²) < 4.78 is 37.8. The van der Waals surface area contributed by atoms with Crippen LogP contribution in [-0.2, 0) is 6.42 Å². The predicted octanol–water partition coefficient (Wildman–Crippen LogP) is 4.54. The quantitative estimate of drug-likeness (QED) is 0.488. The zero-order valence-electron chi connectivity index (χ0n) is 13.6. The lowest BCUT2D eigenvalue weighted by atomic mass is 10.2. The number of aryl methyl sites for hydroxylation is 1. The van der Waals surface area contributed by atoms with Gasteiger partial charge in [-0.2, -0.15) is 13.2 Å². The molecule has 0 atom stereocenters. The van der Waals surface area contributed by atoms with Crippen molar-refractivity contribution in [2.45, 2.75) is 23.2 Å². The molecule has 26 heavy (non-hydrogen) atoms. The van der Waals surface area contributed by atoms with Crippen LogP contribution in [0, 0.1) is 0 Å². The number of imidazole rings is 1. The van der Waals surface area contributed by atoms with Crippen molar-refractivity contribution in [3.8, 4) is 0 Å². The van der Waals surface area contributed by atoms with Crippen LogP contribution in [0.4, 0.5) is 13.2 Å². The molecule has 0 saturated heterocycles. The molecule has 2 aromatic carbocycles. The van der Waals surface area contributed by atoms with Gasteiger partial charge in [0.1, 0.15) is 5.82 Å². The van der Waals surface area contributed by atoms with Crippen LogP contribution in [0.2, 0.25) is 0 Å². The fourth-order valence-corrected chi connectivity index (χ4v) is 3.21. The predicted molar refractivity (Wildman–Crippen MR) is 95.1 cm³/mol. The number of para-hydroxylation sites is 2. The number of carbonyl (C=O) groups is 1. The van der Waals surface area contributed by atoms with E-state index in [1.165, 1.54) is 18.2 Å². The van der Waals surface area contributed by atoms with Crippen LogP contribution in [0.25, 0.3) is 11.0 Å². The molecule has 0 bridgehead atoms. The lowest BCUT2D eigenvalue weighted by Crippen LogP contribution is -2.25. The summed E-state index contributed by atoms with van der Waals surface area (Å²) in [4.78, 5) is 19.7. The number of alkyl halides is 3. The monoisotopic (exact) mass is 379 g/mol. The third kappa shape index (κ3) is 4.78. The number of H-pyrrole nitrogens is 1. The number of rotatable bonds is 6. The number of hydrogen-bond acceptors (Lipinski definition) is 3. The van der Waals surface area contributed by atoms with Gasteiger partial charge in [0.05, 0.1) is 16.6 Å². The van der Waals surface area contributed by atoms with E-state index in [9.17, 15) is 18.0 Å². The molecule has 1 aromatic heterocycles. The van der Waals surface area contributed by atoms with E-state index in [1.807, 2.05) is 24.3 Å². The molecule has 2 N–H and O–H groups in total. The Bertz CT molecular complexity index is 875. The molecule has 0 aliphatic rings. The molecule has 0 radical (unpaired) electrons. The van der Waals surface area contributed by atoms with Crippen LogP contribution < -0.4 is 5.32 Å². The summed E-state index contributed by atoms with van der Waals surface area (Å²) in [6, 6.07) is 13.4. The van der Waals surface area contributed by atoms with Gasteiger partial charge < -0.3 is 10.3 Å². The van der Waals surface area contributed by atoms with Crippen molar-refractivity contribution >= 4 is 28.7 Å². The van der Waals surface area contributed by atoms with Crippen LogP contribution in [0.5, 0.6) is 0 Å². The molecule has 1 heterocycles. The van der Waals surface area contributed by atoms with E-state index in [-0.39, 0.29) is 22.2 Å². The Morgan fingerprint density at radius 3 is 2.62 bits per heavy atom. The van der Waals surface area contributed by atoms with Gasteiger partial charge in [-0.25, -0.2) is 4.98 Å². The molecule has 3 aromatic rings. The van der Waals surface area contributed by atoms with Crippen LogP contribution in [0.1, 0.15) is 22.6 Å². The highest BCUT2D eigenvalue weighted by Crippen LogP contribution is 2.38. The van der Waals surface area contributed by atoms with E-state index in [0.717, 1.165) is 16.9 Å². The number of aromatic amines is 1. The van der Waals surface area contributed by atoms with E-state index in [0.29, 0.717) is 19.4 Å². The first-order valence-corrected chi connectivity index (χ1v) is 8.80. The van der Waals surface area contributed by atoms with E-state index in [2.05, 4.69) is 15.3 Å². The topological polar surface area (TPSA) is 57.8 Å². The van der Waals surface area contributed by atoms with Crippen LogP contribution in [-0.4, -0.2) is 27.9 Å². The summed E-state index contributed by atoms with van der Waals surface area (Å²) in [6.07, 6.45) is 1.26. The van der Waals surface area contributed by atoms with Gasteiger partial charge in [0.15, 0.2) is 0 Å². The number of carbonyl (C=O) groups excluding carboxylic acids is 1. The Labute approximate surface area is 152 Å². The number of nitrogens with zero attached hydrogens (tertiary/aromatic N) is 1. The van der Waals surface area contributed by atoms with Gasteiger partial charge in [-0.05, 0) is 42.4 Å². The van der Waals surface area contributed by atoms with Gasteiger partial charge in [-0.3, -0.25) is 4.79 Å². The third-order valence-electron chi connectivity index (χ3n) is 3.67. The zero-order valence-corrected chi connectivity index (χ0v) is 14.5. The molecule has 1 amide bonds. The summed E-state index contributed by atoms with van der Waals surface area (Å²) in [5.41, 5.74) is -2.58. The molecule has 0 unspecified atom stereocenters. The van der Waals surface area contributed by atoms with Gasteiger partial charge in [-0.1, -0.05) is 24.3 Å². The molecule has 3 rings (SSSR count). The van der Waals surface area contributed by atoms with Crippen LogP contribution in [0.3, 0.4) is 0 Å². The van der Waals surface area contributed by atoms with Gasteiger partial charge in [-0.15, -0.1) is 0 Å². The van der Waals surface area contributed by atoms with Crippen LogP contribution in [0.15, 0.2) is 53.4 Å². The van der Waals surface area contributed by atoms with Gasteiger partial charge >= 0.3 is 5.51 Å². The first-order chi connectivity index (χ1) is 12.4. The van der Waals surface area contributed by atoms with Crippen molar-refractivity contribution in [3.05, 3.63) is 59.9 Å². The van der Waals surface area contributed by atoms with Crippen molar-refractivity contribution in [2.24, 2.45) is 0 Å². The minimum atomic E-state index is -4.43. The maximum Gasteiger partial charge on any atom is 0.446 e. The molecule has 4 nitrogen and oxygen atoms in total. The number of halogens is 3.